The van der Waals surface area contributed by atoms with Gasteiger partial charge in [0.05, 0.1) is 12.8 Å². The molecular formula is C28H27O7P. The zero-order chi connectivity index (χ0) is 26.5. The SMILES string of the molecule is Cc1cc(C)c(C(=O)P(=O)(c2ccccc2)c2ccccc2)c(C)c1C(=O)COC(=O)CCC(=O)O. The van der Waals surface area contributed by atoms with Crippen molar-refractivity contribution in [1.82, 2.24) is 0 Å². The molecule has 3 aromatic rings. The topological polar surface area (TPSA) is 115 Å². The summed E-state index contributed by atoms with van der Waals surface area (Å²) >= 11 is 0. The number of aliphatic carboxylic acids is 1. The van der Waals surface area contributed by atoms with Crippen molar-refractivity contribution in [2.45, 2.75) is 33.6 Å². The van der Waals surface area contributed by atoms with E-state index in [4.69, 9.17) is 9.84 Å². The summed E-state index contributed by atoms with van der Waals surface area (Å²) in [6.45, 7) is 4.47. The van der Waals surface area contributed by atoms with Gasteiger partial charge in [-0.3, -0.25) is 19.2 Å². The third-order valence-electron chi connectivity index (χ3n) is 5.90. The molecular weight excluding hydrogens is 479 g/mol. The molecule has 0 bridgehead atoms. The Kier molecular flexibility index (Phi) is 8.38. The molecule has 36 heavy (non-hydrogen) atoms. The summed E-state index contributed by atoms with van der Waals surface area (Å²) in [4.78, 5) is 49.6. The lowest BCUT2D eigenvalue weighted by Gasteiger charge is -2.22. The molecule has 0 saturated carbocycles. The minimum Gasteiger partial charge on any atom is -0.481 e. The van der Waals surface area contributed by atoms with Crippen LogP contribution < -0.4 is 10.6 Å². The largest absolute Gasteiger partial charge is 0.481 e. The van der Waals surface area contributed by atoms with E-state index in [1.807, 2.05) is 0 Å². The molecule has 8 heteroatoms. The first-order valence-electron chi connectivity index (χ1n) is 11.3. The Bertz CT molecular complexity index is 1320. The van der Waals surface area contributed by atoms with Crippen LogP contribution in [-0.4, -0.2) is 35.0 Å². The smallest absolute Gasteiger partial charge is 0.306 e. The van der Waals surface area contributed by atoms with Crippen molar-refractivity contribution in [3.05, 3.63) is 94.5 Å². The molecule has 0 radical (unpaired) electrons. The van der Waals surface area contributed by atoms with Gasteiger partial charge in [0.1, 0.15) is 0 Å². The third kappa shape index (κ3) is 5.52. The number of ether oxygens (including phenoxy) is 1. The number of benzene rings is 3. The highest BCUT2D eigenvalue weighted by molar-refractivity contribution is 7.93. The minimum atomic E-state index is -3.80. The number of carboxylic acid groups (broad SMARTS) is 1. The van der Waals surface area contributed by atoms with Gasteiger partial charge in [0.25, 0.3) is 0 Å². The van der Waals surface area contributed by atoms with E-state index in [1.54, 1.807) is 87.5 Å². The van der Waals surface area contributed by atoms with E-state index in [1.165, 1.54) is 0 Å². The van der Waals surface area contributed by atoms with Crippen molar-refractivity contribution in [3.63, 3.8) is 0 Å². The summed E-state index contributed by atoms with van der Waals surface area (Å²) in [5.41, 5.74) is 1.35. The van der Waals surface area contributed by atoms with Crippen molar-refractivity contribution < 1.29 is 33.6 Å². The zero-order valence-corrected chi connectivity index (χ0v) is 21.2. The Morgan fingerprint density at radius 2 is 1.28 bits per heavy atom. The molecule has 3 aromatic carbocycles. The first kappa shape index (κ1) is 26.8. The Hall–Kier alpha value is -3.83. The Labute approximate surface area is 209 Å². The number of hydrogen-bond donors (Lipinski definition) is 1. The van der Waals surface area contributed by atoms with Crippen LogP contribution in [0.2, 0.25) is 0 Å². The van der Waals surface area contributed by atoms with Gasteiger partial charge in [0.2, 0.25) is 18.4 Å². The van der Waals surface area contributed by atoms with Crippen LogP contribution in [0.25, 0.3) is 0 Å². The first-order valence-corrected chi connectivity index (χ1v) is 13.1. The molecule has 3 rings (SSSR count). The summed E-state index contributed by atoms with van der Waals surface area (Å²) in [5.74, 6) is -2.48. The number of aryl methyl sites for hydroxylation is 2. The average molecular weight is 506 g/mol. The van der Waals surface area contributed by atoms with Crippen molar-refractivity contribution in [1.29, 1.82) is 0 Å². The van der Waals surface area contributed by atoms with Gasteiger partial charge in [0, 0.05) is 21.7 Å². The van der Waals surface area contributed by atoms with Crippen LogP contribution in [0.15, 0.2) is 66.7 Å². The molecule has 0 aliphatic carbocycles. The molecule has 1 N–H and O–H groups in total. The van der Waals surface area contributed by atoms with E-state index in [9.17, 15) is 23.7 Å². The van der Waals surface area contributed by atoms with Crippen LogP contribution in [0.3, 0.4) is 0 Å². The number of rotatable bonds is 10. The number of carbonyl (C=O) groups excluding carboxylic acids is 3. The Morgan fingerprint density at radius 1 is 0.778 bits per heavy atom. The molecule has 0 fully saturated rings. The summed E-state index contributed by atoms with van der Waals surface area (Å²) in [6.07, 6.45) is -0.752. The number of esters is 1. The standard InChI is InChI=1S/C28H27O7P/c1-18-16-19(2)27(20(3)26(18)23(29)17-35-25(32)15-14-24(30)31)28(33)36(34,21-10-6-4-7-11-21)22-12-8-5-9-13-22/h4-13,16H,14-15,17H2,1-3H3,(H,30,31). The number of ketones is 1. The maximum absolute atomic E-state index is 14.6. The molecule has 0 heterocycles. The molecule has 0 unspecified atom stereocenters. The third-order valence-corrected chi connectivity index (χ3v) is 8.74. The van der Waals surface area contributed by atoms with Crippen molar-refractivity contribution >= 4 is 41.0 Å². The van der Waals surface area contributed by atoms with E-state index in [0.29, 0.717) is 27.3 Å². The molecule has 186 valence electrons. The van der Waals surface area contributed by atoms with Gasteiger partial charge in [-0.15, -0.1) is 0 Å². The lowest BCUT2D eigenvalue weighted by Crippen LogP contribution is -2.25. The molecule has 0 atom stereocenters. The second kappa shape index (κ2) is 11.3. The summed E-state index contributed by atoms with van der Waals surface area (Å²) < 4.78 is 19.5. The van der Waals surface area contributed by atoms with Gasteiger partial charge in [0.15, 0.2) is 6.61 Å². The quantitative estimate of drug-likeness (QED) is 0.247. The zero-order valence-electron chi connectivity index (χ0n) is 20.3. The highest BCUT2D eigenvalue weighted by Crippen LogP contribution is 2.48. The van der Waals surface area contributed by atoms with Gasteiger partial charge >= 0.3 is 11.9 Å². The van der Waals surface area contributed by atoms with Crippen molar-refractivity contribution in [2.75, 3.05) is 6.61 Å². The lowest BCUT2D eigenvalue weighted by molar-refractivity contribution is -0.146. The molecule has 0 amide bonds. The van der Waals surface area contributed by atoms with Gasteiger partial charge in [-0.2, -0.15) is 0 Å². The van der Waals surface area contributed by atoms with Crippen molar-refractivity contribution in [3.8, 4) is 0 Å². The minimum absolute atomic E-state index is 0.192. The summed E-state index contributed by atoms with van der Waals surface area (Å²) in [6, 6.07) is 18.8. The summed E-state index contributed by atoms with van der Waals surface area (Å²) in [7, 11) is -3.80. The molecule has 0 spiro atoms. The fraction of sp³-hybridized carbons (Fsp3) is 0.214. The van der Waals surface area contributed by atoms with Crippen LogP contribution in [0.5, 0.6) is 0 Å². The predicted molar refractivity (Wildman–Crippen MR) is 137 cm³/mol. The number of Topliss-reactive ketones (excluding diaryl/α,β-unsaturated/α-hetero) is 1. The van der Waals surface area contributed by atoms with E-state index in [0.717, 1.165) is 0 Å². The number of carbonyl (C=O) groups is 4. The monoisotopic (exact) mass is 506 g/mol. The lowest BCUT2D eigenvalue weighted by atomic mass is 9.92. The molecule has 0 aliphatic rings. The molecule has 0 aliphatic heterocycles. The molecule has 0 aromatic heterocycles. The second-order valence-electron chi connectivity index (χ2n) is 8.45. The van der Waals surface area contributed by atoms with Gasteiger partial charge < -0.3 is 14.4 Å². The maximum Gasteiger partial charge on any atom is 0.306 e. The molecule has 0 saturated heterocycles. The predicted octanol–water partition coefficient (Wildman–Crippen LogP) is 4.36. The summed E-state index contributed by atoms with van der Waals surface area (Å²) in [5, 5.41) is 9.48. The van der Waals surface area contributed by atoms with Crippen LogP contribution in [0.4, 0.5) is 0 Å². The number of hydrogen-bond acceptors (Lipinski definition) is 6. The van der Waals surface area contributed by atoms with E-state index in [2.05, 4.69) is 0 Å². The normalized spacial score (nSPS) is 11.1. The van der Waals surface area contributed by atoms with E-state index < -0.39 is 43.4 Å². The average Bonchev–Trinajstić information content (AvgIpc) is 2.86. The highest BCUT2D eigenvalue weighted by Gasteiger charge is 2.38. The highest BCUT2D eigenvalue weighted by atomic mass is 31.2. The maximum atomic E-state index is 14.6. The van der Waals surface area contributed by atoms with Crippen LogP contribution in [-0.2, 0) is 18.9 Å². The van der Waals surface area contributed by atoms with E-state index in [-0.39, 0.29) is 17.5 Å². The second-order valence-corrected chi connectivity index (χ2v) is 11.1. The Morgan fingerprint density at radius 3 is 1.78 bits per heavy atom. The van der Waals surface area contributed by atoms with Crippen LogP contribution >= 0.6 is 7.14 Å². The van der Waals surface area contributed by atoms with E-state index >= 15 is 0 Å². The Balaban J connectivity index is 2.05. The van der Waals surface area contributed by atoms with Gasteiger partial charge in [-0.25, -0.2) is 0 Å². The van der Waals surface area contributed by atoms with Crippen LogP contribution in [0.1, 0.15) is 50.2 Å². The first-order chi connectivity index (χ1) is 17.1. The van der Waals surface area contributed by atoms with Gasteiger partial charge in [-0.1, -0.05) is 66.7 Å². The fourth-order valence-corrected chi connectivity index (χ4v) is 6.87. The van der Waals surface area contributed by atoms with Gasteiger partial charge in [-0.05, 0) is 37.5 Å². The van der Waals surface area contributed by atoms with Crippen LogP contribution in [0, 0.1) is 20.8 Å². The molecule has 7 nitrogen and oxygen atoms in total. The fourth-order valence-electron chi connectivity index (χ4n) is 4.26. The number of carboxylic acids is 1. The van der Waals surface area contributed by atoms with Crippen molar-refractivity contribution in [2.24, 2.45) is 0 Å².